The number of fused-ring (bicyclic) bond motifs is 1. The Morgan fingerprint density at radius 3 is 2.20 bits per heavy atom. The van der Waals surface area contributed by atoms with Gasteiger partial charge in [0.05, 0.1) is 0 Å². The third-order valence-corrected chi connectivity index (χ3v) is 2.15. The van der Waals surface area contributed by atoms with E-state index in [0.29, 0.717) is 0 Å². The van der Waals surface area contributed by atoms with E-state index in [1.165, 1.54) is 17.1 Å². The first-order valence-electron chi connectivity index (χ1n) is 4.62. The Balaban J connectivity index is 0.000000245. The number of halogens is 3. The molecule has 0 heterocycles. The first kappa shape index (κ1) is 13.6. The summed E-state index contributed by atoms with van der Waals surface area (Å²) in [6, 6.07) is 0. The summed E-state index contributed by atoms with van der Waals surface area (Å²) in [7, 11) is 14.9. The molecule has 0 unspecified atom stereocenters. The molecule has 80 valence electrons. The van der Waals surface area contributed by atoms with Gasteiger partial charge in [-0.05, 0) is 17.6 Å². The van der Waals surface area contributed by atoms with Gasteiger partial charge in [-0.2, -0.15) is 0 Å². The molecule has 0 fully saturated rings. The molecular weight excluding hydrogens is 286 g/mol. The predicted octanol–water partition coefficient (Wildman–Crippen LogP) is 5.03. The normalized spacial score (nSPS) is 17.6. The second-order valence-electron chi connectivity index (χ2n) is 3.01. The summed E-state index contributed by atoms with van der Waals surface area (Å²) in [4.78, 5) is 0. The fourth-order valence-electron chi connectivity index (χ4n) is 1.52. The van der Waals surface area contributed by atoms with Crippen LogP contribution in [0.2, 0.25) is 0 Å². The first-order chi connectivity index (χ1) is 7.15. The summed E-state index contributed by atoms with van der Waals surface area (Å²) >= 11 is -1.92. The van der Waals surface area contributed by atoms with Crippen molar-refractivity contribution in [3.8, 4) is 0 Å². The van der Waals surface area contributed by atoms with Crippen LogP contribution in [-0.2, 0) is 14.7 Å². The number of hydrogen-bond acceptors (Lipinski definition) is 0. The molecule has 0 saturated heterocycles. The maximum absolute atomic E-state index is 4.97. The molecule has 1 radical (unpaired) electrons. The van der Waals surface area contributed by atoms with Gasteiger partial charge >= 0.3 is 42.6 Å². The van der Waals surface area contributed by atoms with Gasteiger partial charge in [0.2, 0.25) is 0 Å². The molecule has 0 nitrogen and oxygen atoms in total. The van der Waals surface area contributed by atoms with E-state index in [9.17, 15) is 0 Å². The minimum absolute atomic E-state index is 1.13. The van der Waals surface area contributed by atoms with Crippen LogP contribution in [0.4, 0.5) is 0 Å². The number of rotatable bonds is 1. The van der Waals surface area contributed by atoms with Crippen molar-refractivity contribution in [2.45, 2.75) is 13.3 Å². The Bertz CT molecular complexity index is 324. The van der Waals surface area contributed by atoms with E-state index < -0.39 is 14.7 Å². The molecule has 2 rings (SSSR count). The molecule has 4 heteroatoms. The predicted molar refractivity (Wildman–Crippen MR) is 65.5 cm³/mol. The van der Waals surface area contributed by atoms with Gasteiger partial charge in [-0.15, -0.1) is 0 Å². The summed E-state index contributed by atoms with van der Waals surface area (Å²) < 4.78 is 0. The Kier molecular flexibility index (Phi) is 6.34. The molecule has 0 aromatic rings. The van der Waals surface area contributed by atoms with E-state index in [-0.39, 0.29) is 0 Å². The van der Waals surface area contributed by atoms with Gasteiger partial charge < -0.3 is 0 Å². The van der Waals surface area contributed by atoms with E-state index >= 15 is 0 Å². The van der Waals surface area contributed by atoms with Gasteiger partial charge in [-0.3, -0.25) is 0 Å². The average Bonchev–Trinajstić information content (AvgIpc) is 2.59. The van der Waals surface area contributed by atoms with E-state index in [2.05, 4.69) is 43.4 Å². The average molecular weight is 297 g/mol. The van der Waals surface area contributed by atoms with Gasteiger partial charge in [0.15, 0.2) is 0 Å². The molecule has 0 N–H and O–H groups in total. The molecule has 2 aliphatic carbocycles. The Morgan fingerprint density at radius 2 is 1.60 bits per heavy atom. The van der Waals surface area contributed by atoms with Gasteiger partial charge in [0, 0.05) is 5.92 Å². The van der Waals surface area contributed by atoms with Crippen LogP contribution in [0.5, 0.6) is 0 Å². The molecule has 0 saturated carbocycles. The van der Waals surface area contributed by atoms with Crippen molar-refractivity contribution in [1.29, 1.82) is 0 Å². The molecule has 2 aliphatic rings. The Labute approximate surface area is 109 Å². The molecule has 15 heavy (non-hydrogen) atoms. The van der Waals surface area contributed by atoms with E-state index in [1.807, 2.05) is 0 Å². The molecular formula is C11H11Cl3Ti. The minimum atomic E-state index is -1.92. The van der Waals surface area contributed by atoms with Crippen LogP contribution in [0.1, 0.15) is 13.3 Å². The van der Waals surface area contributed by atoms with Crippen LogP contribution >= 0.6 is 27.9 Å². The zero-order valence-electron chi connectivity index (χ0n) is 8.31. The molecule has 0 amide bonds. The van der Waals surface area contributed by atoms with Crippen molar-refractivity contribution >= 4 is 27.9 Å². The summed E-state index contributed by atoms with van der Waals surface area (Å²) in [6.45, 7) is 2.20. The van der Waals surface area contributed by atoms with Crippen LogP contribution in [-0.4, -0.2) is 0 Å². The number of hydrogen-bond donors (Lipinski definition) is 0. The van der Waals surface area contributed by atoms with E-state index in [1.54, 1.807) is 0 Å². The van der Waals surface area contributed by atoms with Crippen LogP contribution in [0.25, 0.3) is 0 Å². The maximum atomic E-state index is 4.97. The fourth-order valence-corrected chi connectivity index (χ4v) is 1.52. The summed E-state index contributed by atoms with van der Waals surface area (Å²) in [5, 5.41) is 0. The standard InChI is InChI=1S/C11H11.3ClH.Ti/c1-2-9-7-8-10-5-3-4-6-11(9)10;;;;/h3-8H,2H2,1H3;3*1H;/q;;;;+3/p-3. The van der Waals surface area contributed by atoms with Gasteiger partial charge in [-0.1, -0.05) is 43.4 Å². The number of allylic oxidation sites excluding steroid dienone is 8. The van der Waals surface area contributed by atoms with Crippen molar-refractivity contribution in [3.05, 3.63) is 53.5 Å². The second-order valence-corrected chi connectivity index (χ2v) is 10.8. The molecule has 0 atom stereocenters. The Morgan fingerprint density at radius 1 is 1.00 bits per heavy atom. The second kappa shape index (κ2) is 6.98. The first-order valence-corrected chi connectivity index (χ1v) is 11.1. The zero-order valence-corrected chi connectivity index (χ0v) is 12.1. The SMILES string of the molecule is CCC1=C2C=CC=C[C]2C=C1.[Cl][Ti]([Cl])[Cl]. The van der Waals surface area contributed by atoms with E-state index in [4.69, 9.17) is 27.9 Å². The van der Waals surface area contributed by atoms with Crippen LogP contribution in [0, 0.1) is 5.92 Å². The molecule has 0 spiro atoms. The topological polar surface area (TPSA) is 0 Å². The van der Waals surface area contributed by atoms with Crippen molar-refractivity contribution in [2.75, 3.05) is 0 Å². The quantitative estimate of drug-likeness (QED) is 0.596. The molecule has 0 aliphatic heterocycles. The van der Waals surface area contributed by atoms with Gasteiger partial charge in [-0.25, -0.2) is 0 Å². The molecule has 0 aromatic carbocycles. The van der Waals surface area contributed by atoms with Crippen LogP contribution in [0.15, 0.2) is 47.6 Å². The Hall–Kier alpha value is 0.544. The third-order valence-electron chi connectivity index (χ3n) is 2.15. The fraction of sp³-hybridized carbons (Fsp3) is 0.182. The summed E-state index contributed by atoms with van der Waals surface area (Å²) in [5.74, 6) is 1.37. The zero-order chi connectivity index (χ0) is 11.3. The molecule has 0 aromatic heterocycles. The van der Waals surface area contributed by atoms with Crippen molar-refractivity contribution in [1.82, 2.24) is 0 Å². The van der Waals surface area contributed by atoms with Gasteiger partial charge in [0.25, 0.3) is 0 Å². The summed E-state index contributed by atoms with van der Waals surface area (Å²) in [5.41, 5.74) is 2.87. The molecule has 0 bridgehead atoms. The van der Waals surface area contributed by atoms with Crippen molar-refractivity contribution in [3.63, 3.8) is 0 Å². The van der Waals surface area contributed by atoms with Crippen molar-refractivity contribution < 1.29 is 14.7 Å². The van der Waals surface area contributed by atoms with Gasteiger partial charge in [0.1, 0.15) is 0 Å². The van der Waals surface area contributed by atoms with Crippen LogP contribution in [0.3, 0.4) is 0 Å². The van der Waals surface area contributed by atoms with Crippen LogP contribution < -0.4 is 0 Å². The summed E-state index contributed by atoms with van der Waals surface area (Å²) in [6.07, 6.45) is 14.1. The van der Waals surface area contributed by atoms with Crippen molar-refractivity contribution in [2.24, 2.45) is 0 Å². The van der Waals surface area contributed by atoms with E-state index in [0.717, 1.165) is 6.42 Å². The third kappa shape index (κ3) is 4.50. The monoisotopic (exact) mass is 296 g/mol.